The Labute approximate surface area is 224 Å². The van der Waals surface area contributed by atoms with Crippen LogP contribution < -0.4 is 23.9 Å². The monoisotopic (exact) mass is 559 g/mol. The summed E-state index contributed by atoms with van der Waals surface area (Å²) in [7, 11) is 0. The van der Waals surface area contributed by atoms with Gasteiger partial charge in [0.1, 0.15) is 0 Å². The van der Waals surface area contributed by atoms with E-state index < -0.39 is 0 Å². The van der Waals surface area contributed by atoms with Gasteiger partial charge >= 0.3 is 16.5 Å². The van der Waals surface area contributed by atoms with Gasteiger partial charge < -0.3 is 60.0 Å². The molecule has 0 bridgehead atoms. The maximum atomic E-state index is 10.2. The summed E-state index contributed by atoms with van der Waals surface area (Å²) in [4.78, 5) is 18.2. The molecule has 0 aliphatic carbocycles. The number of aliphatic imine (C=N–C) groups is 4. The third-order valence-electron chi connectivity index (χ3n) is 5.18. The number of amidine groups is 6. The van der Waals surface area contributed by atoms with Crippen molar-refractivity contribution in [2.24, 2.45) is 31.4 Å². The molecule has 4 aliphatic rings. The number of halogens is 1. The first-order valence-electron chi connectivity index (χ1n) is 9.73. The molecule has 0 saturated carbocycles. The van der Waals surface area contributed by atoms with Crippen molar-refractivity contribution < 1.29 is 28.9 Å². The Bertz CT molecular complexity index is 1390. The van der Waals surface area contributed by atoms with Crippen molar-refractivity contribution in [3.8, 4) is 0 Å². The van der Waals surface area contributed by atoms with Crippen LogP contribution in [0.4, 0.5) is 0 Å². The minimum atomic E-state index is -0.162. The van der Waals surface area contributed by atoms with Gasteiger partial charge in [-0.15, -0.1) is 0 Å². The Kier molecular flexibility index (Phi) is 6.74. The summed E-state index contributed by atoms with van der Waals surface area (Å²) in [6.45, 7) is 0. The Morgan fingerprint density at radius 3 is 1.34 bits per heavy atom. The van der Waals surface area contributed by atoms with Crippen LogP contribution in [0.3, 0.4) is 0 Å². The van der Waals surface area contributed by atoms with Crippen molar-refractivity contribution in [1.82, 2.24) is 0 Å². The average Bonchev–Trinajstić information content (AvgIpc) is 3.53. The SMILES string of the molecule is [Cl-].[N-]=C1N=C(N)S/C1=C1/N=C([N-]C2=N/C(=C3/SC(N)=NC3=[N-])c3ccccc32)c2ccccc21.[Ni+2]. The molecule has 2 aromatic rings. The third-order valence-corrected chi connectivity index (χ3v) is 6.94. The zero-order chi connectivity index (χ0) is 22.7. The van der Waals surface area contributed by atoms with Crippen LogP contribution in [-0.2, 0) is 16.5 Å². The molecule has 176 valence electrons. The summed E-state index contributed by atoms with van der Waals surface area (Å²) in [6, 6.07) is 15.2. The molecule has 0 atom stereocenters. The summed E-state index contributed by atoms with van der Waals surface area (Å²) in [5, 5.41) is 25.8. The fourth-order valence-electron chi connectivity index (χ4n) is 3.80. The Morgan fingerprint density at radius 1 is 0.629 bits per heavy atom. The van der Waals surface area contributed by atoms with Gasteiger partial charge in [-0.3, -0.25) is 0 Å². The molecule has 9 nitrogen and oxygen atoms in total. The predicted octanol–water partition coefficient (Wildman–Crippen LogP) is 0.678. The Hall–Kier alpha value is -3.18. The molecular weight excluding hydrogens is 549 g/mol. The van der Waals surface area contributed by atoms with E-state index in [2.05, 4.69) is 9.98 Å². The first-order valence-corrected chi connectivity index (χ1v) is 11.4. The molecule has 0 saturated heterocycles. The van der Waals surface area contributed by atoms with Gasteiger partial charge in [-0.2, -0.15) is 0 Å². The number of hydrogen-bond donors (Lipinski definition) is 2. The second-order valence-corrected chi connectivity index (χ2v) is 9.24. The molecule has 0 fully saturated rings. The van der Waals surface area contributed by atoms with E-state index in [0.29, 0.717) is 32.9 Å². The number of thioether (sulfide) groups is 2. The maximum Gasteiger partial charge on any atom is 2.00 e. The summed E-state index contributed by atoms with van der Waals surface area (Å²) >= 11 is 2.32. The number of nitrogens with zero attached hydrogens (tertiary/aromatic N) is 7. The van der Waals surface area contributed by atoms with Crippen molar-refractivity contribution in [1.29, 1.82) is 0 Å². The van der Waals surface area contributed by atoms with Gasteiger partial charge in [0, 0.05) is 32.9 Å². The van der Waals surface area contributed by atoms with Crippen molar-refractivity contribution in [3.05, 3.63) is 96.7 Å². The van der Waals surface area contributed by atoms with E-state index in [9.17, 15) is 10.8 Å². The van der Waals surface area contributed by atoms with Crippen LogP contribution in [0.1, 0.15) is 22.3 Å². The van der Waals surface area contributed by atoms with Crippen molar-refractivity contribution in [3.63, 3.8) is 0 Å². The second kappa shape index (κ2) is 9.46. The van der Waals surface area contributed by atoms with Crippen LogP contribution >= 0.6 is 23.5 Å². The van der Waals surface area contributed by atoms with E-state index in [1.165, 1.54) is 0 Å². The van der Waals surface area contributed by atoms with E-state index in [4.69, 9.17) is 26.8 Å². The van der Waals surface area contributed by atoms with Crippen LogP contribution in [0.15, 0.2) is 78.3 Å². The zero-order valence-corrected chi connectivity index (χ0v) is 20.8. The standard InChI is InChI=1S/C22H12N9S2.ClH.Ni/c23-17-15(32-21(25)29-17)13-9-5-1-3-7-11(9)19(27-13)31-20-12-8-4-2-6-10(12)14(28-20)16-18(24)30-22(26)33-16;;/h1-8H,(H4-3,23,24,25,26,27,28,29,30,31);1H;/q-3;;+2/p-1/b15-13+,16-14+;;. The number of rotatable bonds is 0. The van der Waals surface area contributed by atoms with Crippen LogP contribution in [0, 0.1) is 0 Å². The topological polar surface area (TPSA) is 160 Å². The van der Waals surface area contributed by atoms with Gasteiger partial charge in [0.25, 0.3) is 0 Å². The summed E-state index contributed by atoms with van der Waals surface area (Å²) in [6.07, 6.45) is 0. The smallest absolute Gasteiger partial charge is 1.00 e. The fourth-order valence-corrected chi connectivity index (χ4v) is 5.26. The first kappa shape index (κ1) is 24.9. The number of benzene rings is 2. The number of nitrogens with two attached hydrogens (primary N) is 2. The van der Waals surface area contributed by atoms with Crippen molar-refractivity contribution in [2.75, 3.05) is 0 Å². The minimum absolute atomic E-state index is 0. The molecule has 0 unspecified atom stereocenters. The van der Waals surface area contributed by atoms with E-state index in [1.807, 2.05) is 48.5 Å². The summed E-state index contributed by atoms with van der Waals surface area (Å²) in [5.74, 6) is 0.582. The van der Waals surface area contributed by atoms with Gasteiger partial charge in [-0.05, 0) is 33.9 Å². The Balaban J connectivity index is 0.00000144. The molecule has 4 N–H and O–H groups in total. The van der Waals surface area contributed by atoms with Crippen LogP contribution in [0.5, 0.6) is 0 Å². The Morgan fingerprint density at radius 2 is 1.00 bits per heavy atom. The molecule has 4 aliphatic heterocycles. The molecule has 6 rings (SSSR count). The van der Waals surface area contributed by atoms with Crippen LogP contribution in [-0.4, -0.2) is 33.7 Å². The van der Waals surface area contributed by atoms with Gasteiger partial charge in [-0.1, -0.05) is 72.1 Å². The quantitative estimate of drug-likeness (QED) is 0.454. The second-order valence-electron chi connectivity index (χ2n) is 7.18. The molecule has 0 amide bonds. The summed E-state index contributed by atoms with van der Waals surface area (Å²) in [5.41, 5.74) is 15.9. The van der Waals surface area contributed by atoms with Crippen molar-refractivity contribution in [2.45, 2.75) is 0 Å². The van der Waals surface area contributed by atoms with Crippen molar-refractivity contribution >= 4 is 68.6 Å². The molecular formula is C22H12ClN9NiS2-2. The largest absolute Gasteiger partial charge is 2.00 e. The van der Waals surface area contributed by atoms with Gasteiger partial charge in [0.05, 0.1) is 10.3 Å². The zero-order valence-electron chi connectivity index (χ0n) is 17.4. The molecule has 0 spiro atoms. The fraction of sp³-hybridized carbons (Fsp3) is 0. The van der Waals surface area contributed by atoms with E-state index in [0.717, 1.165) is 45.8 Å². The minimum Gasteiger partial charge on any atom is -1.00 e. The maximum absolute atomic E-state index is 10.2. The van der Waals surface area contributed by atoms with E-state index in [-0.39, 0.29) is 50.9 Å². The van der Waals surface area contributed by atoms with E-state index >= 15 is 0 Å². The van der Waals surface area contributed by atoms with Gasteiger partial charge in [-0.25, -0.2) is 0 Å². The molecule has 0 radical (unpaired) electrons. The molecule has 35 heavy (non-hydrogen) atoms. The van der Waals surface area contributed by atoms with Crippen LogP contribution in [0.2, 0.25) is 0 Å². The molecule has 4 heterocycles. The number of hydrogen-bond acceptors (Lipinski definition) is 6. The van der Waals surface area contributed by atoms with Gasteiger partial charge in [0.15, 0.2) is 0 Å². The normalized spacial score (nSPS) is 21.9. The average molecular weight is 561 g/mol. The first-order chi connectivity index (χ1) is 16.0. The molecule has 0 aromatic heterocycles. The predicted molar refractivity (Wildman–Crippen MR) is 138 cm³/mol. The van der Waals surface area contributed by atoms with Crippen LogP contribution in [0.25, 0.3) is 27.5 Å². The van der Waals surface area contributed by atoms with E-state index in [1.54, 1.807) is 0 Å². The third kappa shape index (κ3) is 4.12. The number of fused-ring (bicyclic) bond motifs is 2. The summed E-state index contributed by atoms with van der Waals surface area (Å²) < 4.78 is 0. The molecule has 13 heteroatoms. The molecule has 2 aromatic carbocycles. The van der Waals surface area contributed by atoms with Gasteiger partial charge in [0.2, 0.25) is 0 Å².